The molecule has 0 radical (unpaired) electrons. The van der Waals surface area contributed by atoms with E-state index in [4.69, 9.17) is 0 Å². The number of nitrogens with zero attached hydrogens (tertiary/aromatic N) is 6. The molecule has 1 saturated heterocycles. The summed E-state index contributed by atoms with van der Waals surface area (Å²) in [5.41, 5.74) is 7.91. The molecule has 45 heavy (non-hydrogen) atoms. The van der Waals surface area contributed by atoms with Crippen LogP contribution in [0.3, 0.4) is 0 Å². The van der Waals surface area contributed by atoms with Crippen molar-refractivity contribution in [3.63, 3.8) is 0 Å². The van der Waals surface area contributed by atoms with Crippen LogP contribution >= 0.6 is 11.8 Å². The number of halogens is 3. The minimum atomic E-state index is -4.76. The van der Waals surface area contributed by atoms with Crippen LogP contribution in [0.25, 0.3) is 17.1 Å². The van der Waals surface area contributed by atoms with Crippen LogP contribution in [0.5, 0.6) is 5.75 Å². The lowest BCUT2D eigenvalue weighted by molar-refractivity contribution is -0.274. The number of benzene rings is 3. The van der Waals surface area contributed by atoms with Crippen molar-refractivity contribution in [1.82, 2.24) is 20.2 Å². The average molecular weight is 636 g/mol. The molecule has 13 heteroatoms. The first-order valence-electron chi connectivity index (χ1n) is 14.3. The smallest absolute Gasteiger partial charge is 0.406 e. The molecule has 3 aromatic carbocycles. The SMILES string of the molecule is Cc1ccc(C(C)C)c(N2CC(C)CSC2=NC(=O)N/N=C/c2ccc(-c3ncn(-c4ccc(OC(F)(F)F)cc4)n3)cc2)c1. The molecule has 1 aliphatic rings. The number of hydrogen-bond acceptors (Lipinski definition) is 6. The van der Waals surface area contributed by atoms with Gasteiger partial charge in [0, 0.05) is 23.5 Å². The lowest BCUT2D eigenvalue weighted by Gasteiger charge is -2.35. The Morgan fingerprint density at radius 1 is 1.11 bits per heavy atom. The number of hydrogen-bond donors (Lipinski definition) is 1. The second-order valence-corrected chi connectivity index (χ2v) is 12.0. The van der Waals surface area contributed by atoms with Crippen LogP contribution in [0.15, 0.2) is 83.2 Å². The molecule has 1 atom stereocenters. The molecule has 1 unspecified atom stereocenters. The van der Waals surface area contributed by atoms with Gasteiger partial charge in [0.2, 0.25) is 0 Å². The van der Waals surface area contributed by atoms with E-state index in [1.807, 2.05) is 0 Å². The van der Waals surface area contributed by atoms with Gasteiger partial charge in [-0.2, -0.15) is 10.1 Å². The topological polar surface area (TPSA) is 97.0 Å². The van der Waals surface area contributed by atoms with Crippen LogP contribution in [0.4, 0.5) is 23.7 Å². The first-order valence-corrected chi connectivity index (χ1v) is 15.2. The second kappa shape index (κ2) is 13.6. The highest BCUT2D eigenvalue weighted by Crippen LogP contribution is 2.34. The van der Waals surface area contributed by atoms with E-state index in [-0.39, 0.29) is 5.75 Å². The fraction of sp³-hybridized carbons (Fsp3) is 0.281. The Hall–Kier alpha value is -4.65. The van der Waals surface area contributed by atoms with Gasteiger partial charge in [0.05, 0.1) is 11.9 Å². The maximum absolute atomic E-state index is 12.8. The number of urea groups is 1. The van der Waals surface area contributed by atoms with E-state index in [1.165, 1.54) is 47.1 Å². The van der Waals surface area contributed by atoms with Gasteiger partial charge in [-0.1, -0.05) is 68.9 Å². The number of aliphatic imine (C=N–C) groups is 1. The van der Waals surface area contributed by atoms with Gasteiger partial charge in [0.15, 0.2) is 11.0 Å². The Labute approximate surface area is 263 Å². The normalized spacial score (nSPS) is 16.5. The number of nitrogens with one attached hydrogen (secondary N) is 1. The maximum atomic E-state index is 12.8. The molecule has 2 heterocycles. The fourth-order valence-electron chi connectivity index (χ4n) is 4.72. The summed E-state index contributed by atoms with van der Waals surface area (Å²) in [7, 11) is 0. The number of hydrazone groups is 1. The first kappa shape index (κ1) is 31.8. The van der Waals surface area contributed by atoms with E-state index in [0.717, 1.165) is 34.7 Å². The predicted octanol–water partition coefficient (Wildman–Crippen LogP) is 7.55. The molecule has 0 spiro atoms. The number of carbonyl (C=O) groups excluding carboxylic acids is 1. The third-order valence-corrected chi connectivity index (χ3v) is 8.19. The highest BCUT2D eigenvalue weighted by Gasteiger charge is 2.31. The van der Waals surface area contributed by atoms with Crippen LogP contribution in [-0.4, -0.2) is 50.8 Å². The molecule has 1 N–H and O–H groups in total. The third-order valence-electron chi connectivity index (χ3n) is 6.89. The lowest BCUT2D eigenvalue weighted by Crippen LogP contribution is -2.40. The largest absolute Gasteiger partial charge is 0.573 e. The number of aromatic nitrogens is 3. The zero-order chi connectivity index (χ0) is 32.1. The predicted molar refractivity (Wildman–Crippen MR) is 171 cm³/mol. The summed E-state index contributed by atoms with van der Waals surface area (Å²) in [6, 6.07) is 18.4. The molecule has 234 valence electrons. The Morgan fingerprint density at radius 3 is 2.53 bits per heavy atom. The van der Waals surface area contributed by atoms with Crippen molar-refractivity contribution in [3.05, 3.63) is 89.7 Å². The minimum Gasteiger partial charge on any atom is -0.406 e. The zero-order valence-corrected chi connectivity index (χ0v) is 25.9. The average Bonchev–Trinajstić information content (AvgIpc) is 3.48. The summed E-state index contributed by atoms with van der Waals surface area (Å²) >= 11 is 1.56. The number of rotatable bonds is 7. The van der Waals surface area contributed by atoms with Crippen LogP contribution in [0.1, 0.15) is 43.4 Å². The number of amidine groups is 1. The number of thioether (sulfide) groups is 1. The molecule has 0 aliphatic carbocycles. The summed E-state index contributed by atoms with van der Waals surface area (Å²) in [4.78, 5) is 23.5. The van der Waals surface area contributed by atoms with Gasteiger partial charge in [-0.3, -0.25) is 0 Å². The van der Waals surface area contributed by atoms with Crippen molar-refractivity contribution >= 4 is 34.9 Å². The summed E-state index contributed by atoms with van der Waals surface area (Å²) in [6.45, 7) is 9.34. The summed E-state index contributed by atoms with van der Waals surface area (Å²) < 4.78 is 42.6. The van der Waals surface area contributed by atoms with E-state index in [0.29, 0.717) is 28.5 Å². The van der Waals surface area contributed by atoms with Gasteiger partial charge in [-0.05, 0) is 65.8 Å². The van der Waals surface area contributed by atoms with Gasteiger partial charge in [0.1, 0.15) is 12.1 Å². The van der Waals surface area contributed by atoms with Gasteiger partial charge < -0.3 is 9.64 Å². The zero-order valence-electron chi connectivity index (χ0n) is 25.1. The number of anilines is 1. The van der Waals surface area contributed by atoms with Crippen LogP contribution in [0.2, 0.25) is 0 Å². The summed E-state index contributed by atoms with van der Waals surface area (Å²) in [5.74, 6) is 1.74. The van der Waals surface area contributed by atoms with Gasteiger partial charge in [0.25, 0.3) is 0 Å². The highest BCUT2D eigenvalue weighted by molar-refractivity contribution is 8.14. The molecular weight excluding hydrogens is 603 g/mol. The Morgan fingerprint density at radius 2 is 1.84 bits per heavy atom. The van der Waals surface area contributed by atoms with Gasteiger partial charge in [-0.25, -0.2) is 19.9 Å². The Balaban J connectivity index is 1.22. The maximum Gasteiger partial charge on any atom is 0.573 e. The van der Waals surface area contributed by atoms with Crippen molar-refractivity contribution in [3.8, 4) is 22.8 Å². The number of ether oxygens (including phenoxy) is 1. The van der Waals surface area contributed by atoms with E-state index in [1.54, 1.807) is 36.0 Å². The quantitative estimate of drug-likeness (QED) is 0.166. The molecule has 1 aliphatic heterocycles. The first-order chi connectivity index (χ1) is 21.4. The standard InChI is InChI=1S/C32H32F3N7O2S/c1-20(2)27-14-5-21(3)15-28(27)41-17-22(4)18-45-31(41)38-30(43)39-37-16-23-6-8-24(9-7-23)29-36-19-42(40-29)25-10-12-26(13-11-25)44-32(33,34)35/h5-16,19-20,22H,17-18H2,1-4H3,(H,39,43)/b37-16+,38-31?. The molecule has 9 nitrogen and oxygen atoms in total. The van der Waals surface area contributed by atoms with E-state index in [2.05, 4.69) is 81.1 Å². The Kier molecular flexibility index (Phi) is 9.57. The van der Waals surface area contributed by atoms with Crippen LogP contribution in [0, 0.1) is 12.8 Å². The molecule has 4 aromatic rings. The molecule has 0 saturated carbocycles. The second-order valence-electron chi connectivity index (χ2n) is 11.0. The van der Waals surface area contributed by atoms with Crippen LogP contribution in [-0.2, 0) is 0 Å². The van der Waals surface area contributed by atoms with Crippen molar-refractivity contribution in [1.29, 1.82) is 0 Å². The molecule has 0 bridgehead atoms. The summed E-state index contributed by atoms with van der Waals surface area (Å²) in [5, 5.41) is 9.14. The molecule has 5 rings (SSSR count). The third kappa shape index (κ3) is 8.29. The van der Waals surface area contributed by atoms with Gasteiger partial charge in [-0.15, -0.1) is 18.3 Å². The number of aryl methyl sites for hydroxylation is 1. The fourth-order valence-corrected chi connectivity index (χ4v) is 5.73. The van der Waals surface area contributed by atoms with E-state index < -0.39 is 12.4 Å². The monoisotopic (exact) mass is 635 g/mol. The lowest BCUT2D eigenvalue weighted by atomic mass is 9.98. The summed E-state index contributed by atoms with van der Waals surface area (Å²) in [6.07, 6.45) is -1.77. The van der Waals surface area contributed by atoms with Crippen molar-refractivity contribution in [2.24, 2.45) is 16.0 Å². The van der Waals surface area contributed by atoms with Crippen molar-refractivity contribution in [2.45, 2.75) is 40.0 Å². The van der Waals surface area contributed by atoms with Crippen molar-refractivity contribution in [2.75, 3.05) is 17.2 Å². The number of carbonyl (C=O) groups is 1. The van der Waals surface area contributed by atoms with Crippen LogP contribution < -0.4 is 15.1 Å². The highest BCUT2D eigenvalue weighted by atomic mass is 32.2. The van der Waals surface area contributed by atoms with Crippen molar-refractivity contribution < 1.29 is 22.7 Å². The van der Waals surface area contributed by atoms with E-state index in [9.17, 15) is 18.0 Å². The van der Waals surface area contributed by atoms with E-state index >= 15 is 0 Å². The molecular formula is C32H32F3N7O2S. The van der Waals surface area contributed by atoms with Gasteiger partial charge >= 0.3 is 12.4 Å². The molecule has 2 amide bonds. The Bertz CT molecular complexity index is 1700. The molecule has 1 fully saturated rings. The molecule has 1 aromatic heterocycles. The number of amides is 2. The number of alkyl halides is 3. The minimum absolute atomic E-state index is 0.320.